The van der Waals surface area contributed by atoms with Crippen molar-refractivity contribution < 1.29 is 19.1 Å². The highest BCUT2D eigenvalue weighted by Crippen LogP contribution is 2.26. The Kier molecular flexibility index (Phi) is 7.24. The zero-order valence-corrected chi connectivity index (χ0v) is 17.3. The molecule has 0 radical (unpaired) electrons. The van der Waals surface area contributed by atoms with Crippen LogP contribution in [0.1, 0.15) is 35.3 Å². The molecule has 144 valence electrons. The van der Waals surface area contributed by atoms with Gasteiger partial charge in [-0.25, -0.2) is 0 Å². The van der Waals surface area contributed by atoms with Gasteiger partial charge in [0.2, 0.25) is 0 Å². The van der Waals surface area contributed by atoms with Crippen LogP contribution in [0.3, 0.4) is 0 Å². The van der Waals surface area contributed by atoms with Crippen LogP contribution in [0.5, 0.6) is 11.5 Å². The van der Waals surface area contributed by atoms with Gasteiger partial charge < -0.3 is 9.47 Å². The van der Waals surface area contributed by atoms with Gasteiger partial charge in [0, 0.05) is 5.56 Å². The summed E-state index contributed by atoms with van der Waals surface area (Å²) in [4.78, 5) is 24.1. The summed E-state index contributed by atoms with van der Waals surface area (Å²) in [7, 11) is 0. The van der Waals surface area contributed by atoms with Crippen molar-refractivity contribution in [2.24, 2.45) is 0 Å². The zero-order chi connectivity index (χ0) is 20.0. The average Bonchev–Trinajstić information content (AvgIpc) is 2.58. The Morgan fingerprint density at radius 1 is 1.04 bits per heavy atom. The lowest BCUT2D eigenvalue weighted by Gasteiger charge is -2.13. The number of hydrogen-bond donors (Lipinski definition) is 2. The smallest absolute Gasteiger partial charge is 0.276 e. The molecule has 2 amide bonds. The number of carbonyl (C=O) groups excluding carboxylic acids is 2. The van der Waals surface area contributed by atoms with E-state index in [9.17, 15) is 9.59 Å². The second-order valence-electron chi connectivity index (χ2n) is 6.43. The molecule has 0 bridgehead atoms. The highest BCUT2D eigenvalue weighted by molar-refractivity contribution is 9.10. The molecule has 0 fully saturated rings. The van der Waals surface area contributed by atoms with Crippen LogP contribution in [0.4, 0.5) is 0 Å². The fourth-order valence-corrected chi connectivity index (χ4v) is 2.86. The van der Waals surface area contributed by atoms with E-state index in [4.69, 9.17) is 9.47 Å². The lowest BCUT2D eigenvalue weighted by molar-refractivity contribution is -0.123. The molecule has 0 aliphatic heterocycles. The van der Waals surface area contributed by atoms with E-state index in [0.29, 0.717) is 21.5 Å². The first-order valence-electron chi connectivity index (χ1n) is 8.51. The topological polar surface area (TPSA) is 76.7 Å². The van der Waals surface area contributed by atoms with Crippen LogP contribution in [-0.2, 0) is 4.79 Å². The van der Waals surface area contributed by atoms with Crippen molar-refractivity contribution in [2.45, 2.75) is 33.8 Å². The van der Waals surface area contributed by atoms with Crippen LogP contribution in [0.15, 0.2) is 40.9 Å². The Hall–Kier alpha value is -2.54. The van der Waals surface area contributed by atoms with E-state index in [1.165, 1.54) is 0 Å². The van der Waals surface area contributed by atoms with Crippen LogP contribution in [-0.4, -0.2) is 24.5 Å². The molecule has 0 unspecified atom stereocenters. The summed E-state index contributed by atoms with van der Waals surface area (Å²) in [5.41, 5.74) is 7.18. The number of amides is 2. The molecule has 2 rings (SSSR count). The molecule has 0 aliphatic carbocycles. The fraction of sp³-hybridized carbons (Fsp3) is 0.300. The molecule has 0 spiro atoms. The normalized spacial score (nSPS) is 10.4. The number of aryl methyl sites for hydroxylation is 2. The standard InChI is InChI=1S/C20H23BrN2O4/c1-12(2)27-18-6-5-15(10-17(18)21)20(25)23-22-19(24)11-26-16-8-13(3)7-14(4)9-16/h5-10,12H,11H2,1-4H3,(H,22,24)(H,23,25). The van der Waals surface area contributed by atoms with Gasteiger partial charge in [0.1, 0.15) is 11.5 Å². The molecule has 2 aromatic carbocycles. The van der Waals surface area contributed by atoms with Crippen molar-refractivity contribution in [1.82, 2.24) is 10.9 Å². The zero-order valence-electron chi connectivity index (χ0n) is 15.8. The number of nitrogens with one attached hydrogen (secondary N) is 2. The first-order chi connectivity index (χ1) is 12.7. The summed E-state index contributed by atoms with van der Waals surface area (Å²) in [6.45, 7) is 7.55. The number of halogens is 1. The Labute approximate surface area is 167 Å². The Morgan fingerprint density at radius 2 is 1.70 bits per heavy atom. The van der Waals surface area contributed by atoms with E-state index < -0.39 is 11.8 Å². The van der Waals surface area contributed by atoms with E-state index in [0.717, 1.165) is 11.1 Å². The number of benzene rings is 2. The van der Waals surface area contributed by atoms with Gasteiger partial charge in [0.05, 0.1) is 10.6 Å². The summed E-state index contributed by atoms with van der Waals surface area (Å²) in [5.74, 6) is 0.360. The quantitative estimate of drug-likeness (QED) is 0.679. The van der Waals surface area contributed by atoms with Crippen LogP contribution in [0.25, 0.3) is 0 Å². The first kappa shape index (κ1) is 20.8. The molecule has 0 aromatic heterocycles. The Balaban J connectivity index is 1.85. The van der Waals surface area contributed by atoms with Crippen molar-refractivity contribution in [3.8, 4) is 11.5 Å². The number of hydrogen-bond acceptors (Lipinski definition) is 4. The molecule has 0 aliphatic rings. The van der Waals surface area contributed by atoms with Crippen LogP contribution in [0.2, 0.25) is 0 Å². The molecular weight excluding hydrogens is 412 g/mol. The van der Waals surface area contributed by atoms with Gasteiger partial charge in [-0.3, -0.25) is 20.4 Å². The molecular formula is C20H23BrN2O4. The second-order valence-corrected chi connectivity index (χ2v) is 7.28. The van der Waals surface area contributed by atoms with Crippen LogP contribution >= 0.6 is 15.9 Å². The number of ether oxygens (including phenoxy) is 2. The lowest BCUT2D eigenvalue weighted by atomic mass is 10.1. The molecule has 2 aromatic rings. The maximum atomic E-state index is 12.2. The molecule has 0 saturated carbocycles. The highest BCUT2D eigenvalue weighted by Gasteiger charge is 2.11. The van der Waals surface area contributed by atoms with Gasteiger partial charge in [-0.05, 0) is 85.1 Å². The van der Waals surface area contributed by atoms with Gasteiger partial charge >= 0.3 is 0 Å². The monoisotopic (exact) mass is 434 g/mol. The average molecular weight is 435 g/mol. The van der Waals surface area contributed by atoms with Gasteiger partial charge in [0.15, 0.2) is 6.61 Å². The van der Waals surface area contributed by atoms with Crippen molar-refractivity contribution in [1.29, 1.82) is 0 Å². The molecule has 7 heteroatoms. The summed E-state index contributed by atoms with van der Waals surface area (Å²) < 4.78 is 11.7. The maximum absolute atomic E-state index is 12.2. The third-order valence-corrected chi connectivity index (χ3v) is 4.06. The van der Waals surface area contributed by atoms with Gasteiger partial charge in [-0.15, -0.1) is 0 Å². The number of hydrazine groups is 1. The predicted octanol–water partition coefficient (Wildman–Crippen LogP) is 3.69. The van der Waals surface area contributed by atoms with Crippen molar-refractivity contribution in [3.63, 3.8) is 0 Å². The lowest BCUT2D eigenvalue weighted by Crippen LogP contribution is -2.43. The molecule has 6 nitrogen and oxygen atoms in total. The fourth-order valence-electron chi connectivity index (χ4n) is 2.39. The molecule has 27 heavy (non-hydrogen) atoms. The van der Waals surface area contributed by atoms with E-state index in [2.05, 4.69) is 26.8 Å². The highest BCUT2D eigenvalue weighted by atomic mass is 79.9. The van der Waals surface area contributed by atoms with E-state index >= 15 is 0 Å². The Bertz CT molecular complexity index is 816. The third kappa shape index (κ3) is 6.60. The van der Waals surface area contributed by atoms with Crippen LogP contribution < -0.4 is 20.3 Å². The van der Waals surface area contributed by atoms with E-state index in [1.807, 2.05) is 45.9 Å². The first-order valence-corrected chi connectivity index (χ1v) is 9.30. The molecule has 0 heterocycles. The minimum atomic E-state index is -0.457. The molecule has 0 atom stereocenters. The summed E-state index contributed by atoms with van der Waals surface area (Å²) in [5, 5.41) is 0. The summed E-state index contributed by atoms with van der Waals surface area (Å²) >= 11 is 3.37. The third-order valence-electron chi connectivity index (χ3n) is 3.44. The maximum Gasteiger partial charge on any atom is 0.276 e. The van der Waals surface area contributed by atoms with Crippen molar-refractivity contribution >= 4 is 27.7 Å². The van der Waals surface area contributed by atoms with Crippen LogP contribution in [0, 0.1) is 13.8 Å². The summed E-state index contributed by atoms with van der Waals surface area (Å²) in [6, 6.07) is 10.7. The minimum Gasteiger partial charge on any atom is -0.490 e. The second kappa shape index (κ2) is 9.41. The predicted molar refractivity (Wildman–Crippen MR) is 107 cm³/mol. The van der Waals surface area contributed by atoms with Crippen molar-refractivity contribution in [3.05, 3.63) is 57.6 Å². The van der Waals surface area contributed by atoms with E-state index in [-0.39, 0.29) is 12.7 Å². The largest absolute Gasteiger partial charge is 0.490 e. The Morgan fingerprint density at radius 3 is 2.30 bits per heavy atom. The SMILES string of the molecule is Cc1cc(C)cc(OCC(=O)NNC(=O)c2ccc(OC(C)C)c(Br)c2)c1. The number of carbonyl (C=O) groups is 2. The van der Waals surface area contributed by atoms with Gasteiger partial charge in [0.25, 0.3) is 11.8 Å². The summed E-state index contributed by atoms with van der Waals surface area (Å²) in [6.07, 6.45) is 0.0254. The number of rotatable bonds is 6. The van der Waals surface area contributed by atoms with Crippen molar-refractivity contribution in [2.75, 3.05) is 6.61 Å². The molecule has 2 N–H and O–H groups in total. The minimum absolute atomic E-state index is 0.0254. The van der Waals surface area contributed by atoms with Gasteiger partial charge in [-0.1, -0.05) is 6.07 Å². The molecule has 0 saturated heterocycles. The van der Waals surface area contributed by atoms with Gasteiger partial charge in [-0.2, -0.15) is 0 Å². The van der Waals surface area contributed by atoms with E-state index in [1.54, 1.807) is 18.2 Å².